The fourth-order valence-corrected chi connectivity index (χ4v) is 2.48. The molecule has 0 amide bonds. The molecule has 2 aromatic carbocycles. The highest BCUT2D eigenvalue weighted by molar-refractivity contribution is 5.81. The molecule has 108 valence electrons. The molecule has 2 N–H and O–H groups in total. The lowest BCUT2D eigenvalue weighted by atomic mass is 10.2. The minimum atomic E-state index is -0.342. The van der Waals surface area contributed by atoms with Gasteiger partial charge in [-0.1, -0.05) is 12.1 Å². The second-order valence-electron chi connectivity index (χ2n) is 4.92. The van der Waals surface area contributed by atoms with Crippen molar-refractivity contribution in [2.24, 2.45) is 0 Å². The van der Waals surface area contributed by atoms with Crippen LogP contribution < -0.4 is 10.5 Å². The lowest BCUT2D eigenvalue weighted by Crippen LogP contribution is -2.03. The van der Waals surface area contributed by atoms with E-state index < -0.39 is 0 Å². The Morgan fingerprint density at radius 2 is 2.05 bits per heavy atom. The van der Waals surface area contributed by atoms with Crippen LogP contribution in [-0.4, -0.2) is 11.2 Å². The second-order valence-corrected chi connectivity index (χ2v) is 4.92. The van der Waals surface area contributed by atoms with Crippen molar-refractivity contribution >= 4 is 16.6 Å². The van der Waals surface area contributed by atoms with Gasteiger partial charge in [-0.3, -0.25) is 0 Å². The molecule has 1 heterocycles. The van der Waals surface area contributed by atoms with Crippen LogP contribution in [0.25, 0.3) is 10.9 Å². The third kappa shape index (κ3) is 2.57. The number of nitrogens with two attached hydrogens (primary N) is 1. The van der Waals surface area contributed by atoms with Crippen LogP contribution in [0.4, 0.5) is 10.1 Å². The molecule has 0 radical (unpaired) electrons. The van der Waals surface area contributed by atoms with Crippen LogP contribution in [-0.2, 0) is 6.54 Å². The fourth-order valence-electron chi connectivity index (χ4n) is 2.48. The van der Waals surface area contributed by atoms with Crippen molar-refractivity contribution in [3.05, 3.63) is 60.0 Å². The van der Waals surface area contributed by atoms with Gasteiger partial charge in [0.25, 0.3) is 0 Å². The van der Waals surface area contributed by atoms with Gasteiger partial charge in [-0.05, 0) is 37.3 Å². The zero-order valence-corrected chi connectivity index (χ0v) is 11.8. The highest BCUT2D eigenvalue weighted by Gasteiger charge is 2.08. The number of hydrogen-bond donors (Lipinski definition) is 1. The maximum absolute atomic E-state index is 14.0. The average Bonchev–Trinajstić information content (AvgIpc) is 2.87. The van der Waals surface area contributed by atoms with Crippen LogP contribution in [0.1, 0.15) is 12.5 Å². The van der Waals surface area contributed by atoms with Crippen molar-refractivity contribution < 1.29 is 9.13 Å². The van der Waals surface area contributed by atoms with E-state index in [2.05, 4.69) is 0 Å². The van der Waals surface area contributed by atoms with Crippen LogP contribution in [0.3, 0.4) is 0 Å². The Kier molecular flexibility index (Phi) is 3.52. The van der Waals surface area contributed by atoms with Crippen molar-refractivity contribution in [2.45, 2.75) is 13.5 Å². The Morgan fingerprint density at radius 1 is 1.19 bits per heavy atom. The lowest BCUT2D eigenvalue weighted by Gasteiger charge is -2.09. The van der Waals surface area contributed by atoms with Crippen molar-refractivity contribution in [3.8, 4) is 5.75 Å². The van der Waals surface area contributed by atoms with Crippen LogP contribution >= 0.6 is 0 Å². The minimum Gasteiger partial charge on any atom is -0.494 e. The summed E-state index contributed by atoms with van der Waals surface area (Å²) < 4.78 is 21.5. The summed E-state index contributed by atoms with van der Waals surface area (Å²) in [4.78, 5) is 0. The van der Waals surface area contributed by atoms with E-state index in [0.29, 0.717) is 18.7 Å². The summed E-state index contributed by atoms with van der Waals surface area (Å²) in [5.41, 5.74) is 7.42. The first-order valence-corrected chi connectivity index (χ1v) is 6.93. The van der Waals surface area contributed by atoms with Gasteiger partial charge in [-0.15, -0.1) is 0 Å². The van der Waals surface area contributed by atoms with Gasteiger partial charge in [0.1, 0.15) is 5.75 Å². The number of aromatic nitrogens is 1. The van der Waals surface area contributed by atoms with E-state index in [1.165, 1.54) is 0 Å². The first-order chi connectivity index (χ1) is 10.2. The molecule has 0 aliphatic carbocycles. The second kappa shape index (κ2) is 5.48. The number of fused-ring (bicyclic) bond motifs is 1. The topological polar surface area (TPSA) is 40.2 Å². The molecular weight excluding hydrogens is 267 g/mol. The van der Waals surface area contributed by atoms with Crippen molar-refractivity contribution in [3.63, 3.8) is 0 Å². The van der Waals surface area contributed by atoms with Gasteiger partial charge < -0.3 is 15.0 Å². The minimum absolute atomic E-state index is 0.183. The molecule has 0 saturated heterocycles. The van der Waals surface area contributed by atoms with Crippen molar-refractivity contribution in [2.75, 3.05) is 12.3 Å². The molecule has 0 saturated carbocycles. The summed E-state index contributed by atoms with van der Waals surface area (Å²) in [5, 5.41) is 1.07. The maximum atomic E-state index is 14.0. The number of nitrogens with zero attached hydrogens (tertiary/aromatic N) is 1. The fraction of sp³-hybridized carbons (Fsp3) is 0.176. The van der Waals surface area contributed by atoms with Gasteiger partial charge >= 0.3 is 0 Å². The van der Waals surface area contributed by atoms with E-state index in [-0.39, 0.29) is 11.5 Å². The molecule has 3 rings (SSSR count). The van der Waals surface area contributed by atoms with Gasteiger partial charge in [0.2, 0.25) is 0 Å². The standard InChI is InChI=1S/C17H17FN2O/c1-2-21-14-6-7-16-12(10-14)8-9-20(16)11-13-4-3-5-15(19)17(13)18/h3-10H,2,11,19H2,1H3. The normalized spacial score (nSPS) is 11.0. The number of hydrogen-bond acceptors (Lipinski definition) is 2. The van der Waals surface area contributed by atoms with Gasteiger partial charge in [0.15, 0.2) is 5.82 Å². The molecule has 1 aromatic heterocycles. The Labute approximate surface area is 122 Å². The summed E-state index contributed by atoms with van der Waals surface area (Å²) in [7, 11) is 0. The Morgan fingerprint density at radius 3 is 2.86 bits per heavy atom. The molecule has 4 heteroatoms. The highest BCUT2D eigenvalue weighted by atomic mass is 19.1. The van der Waals surface area contributed by atoms with Crippen LogP contribution in [0.15, 0.2) is 48.7 Å². The number of nitrogen functional groups attached to an aromatic ring is 1. The van der Waals surface area contributed by atoms with Gasteiger partial charge in [-0.2, -0.15) is 0 Å². The van der Waals surface area contributed by atoms with Gasteiger partial charge in [0.05, 0.1) is 18.8 Å². The number of rotatable bonds is 4. The monoisotopic (exact) mass is 284 g/mol. The molecule has 0 bridgehead atoms. The molecule has 0 fully saturated rings. The summed E-state index contributed by atoms with van der Waals surface area (Å²) in [5.74, 6) is 0.503. The summed E-state index contributed by atoms with van der Waals surface area (Å²) >= 11 is 0. The molecule has 0 unspecified atom stereocenters. The third-order valence-corrected chi connectivity index (χ3v) is 3.50. The zero-order chi connectivity index (χ0) is 14.8. The quantitative estimate of drug-likeness (QED) is 0.740. The molecular formula is C17H17FN2O. The van der Waals surface area contributed by atoms with Crippen LogP contribution in [0, 0.1) is 5.82 Å². The summed E-state index contributed by atoms with van der Waals surface area (Å²) in [6.07, 6.45) is 1.95. The van der Waals surface area contributed by atoms with Crippen LogP contribution in [0.2, 0.25) is 0 Å². The molecule has 0 atom stereocenters. The van der Waals surface area contributed by atoms with E-state index in [1.807, 2.05) is 42.0 Å². The summed E-state index contributed by atoms with van der Waals surface area (Å²) in [6.45, 7) is 3.05. The van der Waals surface area contributed by atoms with Gasteiger partial charge in [-0.25, -0.2) is 4.39 Å². The zero-order valence-electron chi connectivity index (χ0n) is 11.8. The van der Waals surface area contributed by atoms with Crippen molar-refractivity contribution in [1.82, 2.24) is 4.57 Å². The Balaban J connectivity index is 1.96. The smallest absolute Gasteiger partial charge is 0.151 e. The lowest BCUT2D eigenvalue weighted by molar-refractivity contribution is 0.340. The number of ether oxygens (including phenoxy) is 1. The molecule has 0 aliphatic rings. The molecule has 0 aliphatic heterocycles. The molecule has 0 spiro atoms. The first-order valence-electron chi connectivity index (χ1n) is 6.93. The summed E-state index contributed by atoms with van der Waals surface area (Å²) in [6, 6.07) is 13.0. The van der Waals surface area contributed by atoms with Gasteiger partial charge in [0, 0.05) is 22.7 Å². The Bertz CT molecular complexity index is 780. The van der Waals surface area contributed by atoms with Crippen LogP contribution in [0.5, 0.6) is 5.75 Å². The third-order valence-electron chi connectivity index (χ3n) is 3.50. The number of halogens is 1. The van der Waals surface area contributed by atoms with Crippen molar-refractivity contribution in [1.29, 1.82) is 0 Å². The SMILES string of the molecule is CCOc1ccc2c(ccn2Cc2cccc(N)c2F)c1. The van der Waals surface area contributed by atoms with E-state index >= 15 is 0 Å². The van der Waals surface area contributed by atoms with E-state index in [9.17, 15) is 4.39 Å². The Hall–Kier alpha value is -2.49. The largest absolute Gasteiger partial charge is 0.494 e. The first kappa shape index (κ1) is 13.5. The predicted octanol–water partition coefficient (Wildman–Crippen LogP) is 3.81. The number of anilines is 1. The highest BCUT2D eigenvalue weighted by Crippen LogP contribution is 2.24. The molecule has 3 nitrogen and oxygen atoms in total. The molecule has 21 heavy (non-hydrogen) atoms. The number of benzene rings is 2. The predicted molar refractivity (Wildman–Crippen MR) is 83.0 cm³/mol. The molecule has 3 aromatic rings. The van der Waals surface area contributed by atoms with E-state index in [4.69, 9.17) is 10.5 Å². The van der Waals surface area contributed by atoms with E-state index in [0.717, 1.165) is 16.7 Å². The maximum Gasteiger partial charge on any atom is 0.151 e. The average molecular weight is 284 g/mol. The van der Waals surface area contributed by atoms with E-state index in [1.54, 1.807) is 18.2 Å².